The van der Waals surface area contributed by atoms with Gasteiger partial charge in [-0.25, -0.2) is 14.2 Å². The Balaban J connectivity index is 1.13. The summed E-state index contributed by atoms with van der Waals surface area (Å²) < 4.78 is 32.9. The van der Waals surface area contributed by atoms with Crippen LogP contribution in [0.1, 0.15) is 39.2 Å². The summed E-state index contributed by atoms with van der Waals surface area (Å²) >= 11 is 6.07. The van der Waals surface area contributed by atoms with E-state index >= 15 is 4.39 Å². The van der Waals surface area contributed by atoms with Crippen LogP contribution in [0.5, 0.6) is 6.01 Å². The van der Waals surface area contributed by atoms with E-state index in [1.807, 2.05) is 31.7 Å². The number of hydrogen-bond donors (Lipinski definition) is 0. The highest BCUT2D eigenvalue weighted by atomic mass is 35.5. The number of carbonyl (C=O) groups is 1. The minimum atomic E-state index is -0.723. The van der Waals surface area contributed by atoms with Gasteiger partial charge in [0.05, 0.1) is 17.5 Å². The first-order valence-electron chi connectivity index (χ1n) is 16.0. The lowest BCUT2D eigenvalue weighted by atomic mass is 10.1. The number of methoxy groups -OCH3 is 1. The van der Waals surface area contributed by atoms with Gasteiger partial charge in [0.1, 0.15) is 29.6 Å². The molecular weight excluding hydrogens is 613 g/mol. The van der Waals surface area contributed by atoms with Gasteiger partial charge >= 0.3 is 12.1 Å². The van der Waals surface area contributed by atoms with Crippen molar-refractivity contribution >= 4 is 34.4 Å². The number of fused-ring (bicyclic) bond motifs is 3. The maximum atomic E-state index is 15.3. The number of pyridine rings is 1. The smallest absolute Gasteiger partial charge is 0.410 e. The molecule has 248 valence electrons. The monoisotopic (exact) mass is 655 g/mol. The molecule has 1 aromatic carbocycles. The standard InChI is InChI=1S/C33H43ClFN7O4/c1-33(2,3)46-32(43)42-23-10-11-24(42)19-41(18-23)30-26-16-36-29(34)27(35)28(26)37-31(38-30)45-21-25(44-4)20-40-14-12-39(13-15-40)17-22-8-6-5-7-9-22/h5-9,16,23-25H,10-15,17-21H2,1-4H3/t23?,24?,25-/m0/s1. The predicted octanol–water partition coefficient (Wildman–Crippen LogP) is 4.62. The highest BCUT2D eigenvalue weighted by Gasteiger charge is 2.45. The summed E-state index contributed by atoms with van der Waals surface area (Å²) in [5, 5.41) is 0.176. The molecule has 3 fully saturated rings. The minimum absolute atomic E-state index is 0.0420. The maximum Gasteiger partial charge on any atom is 0.410 e. The summed E-state index contributed by atoms with van der Waals surface area (Å²) in [4.78, 5) is 35.0. The summed E-state index contributed by atoms with van der Waals surface area (Å²) in [6.07, 6.45) is 2.65. The summed E-state index contributed by atoms with van der Waals surface area (Å²) in [5.41, 5.74) is 0.785. The third kappa shape index (κ3) is 7.46. The van der Waals surface area contributed by atoms with Crippen LogP contribution in [0.15, 0.2) is 36.5 Å². The van der Waals surface area contributed by atoms with Crippen LogP contribution in [0.4, 0.5) is 15.0 Å². The van der Waals surface area contributed by atoms with Gasteiger partial charge in [-0.15, -0.1) is 0 Å². The van der Waals surface area contributed by atoms with E-state index < -0.39 is 11.4 Å². The molecule has 6 rings (SSSR count). The van der Waals surface area contributed by atoms with Gasteiger partial charge in [-0.3, -0.25) is 14.7 Å². The molecule has 0 N–H and O–H groups in total. The second-order valence-corrected chi connectivity index (χ2v) is 13.7. The minimum Gasteiger partial charge on any atom is -0.461 e. The number of nitrogens with zero attached hydrogens (tertiary/aromatic N) is 7. The van der Waals surface area contributed by atoms with Gasteiger partial charge in [0, 0.05) is 65.7 Å². The number of hydrogen-bond acceptors (Lipinski definition) is 10. The van der Waals surface area contributed by atoms with E-state index in [4.69, 9.17) is 30.8 Å². The van der Waals surface area contributed by atoms with Crippen molar-refractivity contribution in [2.75, 3.05) is 64.4 Å². The van der Waals surface area contributed by atoms with Gasteiger partial charge in [-0.1, -0.05) is 41.9 Å². The normalized spacial score (nSPS) is 21.5. The summed E-state index contributed by atoms with van der Waals surface area (Å²) in [6, 6.07) is 10.4. The predicted molar refractivity (Wildman–Crippen MR) is 174 cm³/mol. The summed E-state index contributed by atoms with van der Waals surface area (Å²) in [6.45, 7) is 12.3. The number of ether oxygens (including phenoxy) is 3. The largest absolute Gasteiger partial charge is 0.461 e. The quantitative estimate of drug-likeness (QED) is 0.304. The van der Waals surface area contributed by atoms with E-state index in [2.05, 4.69) is 48.9 Å². The first-order valence-corrected chi connectivity index (χ1v) is 16.4. The number of anilines is 1. The number of carbonyl (C=O) groups excluding carboxylic acids is 1. The molecule has 3 aliphatic heterocycles. The molecule has 1 amide bonds. The fourth-order valence-electron chi connectivity index (χ4n) is 6.62. The molecular formula is C33H43ClFN7O4. The lowest BCUT2D eigenvalue weighted by Crippen LogP contribution is -2.57. The third-order valence-corrected chi connectivity index (χ3v) is 9.16. The van der Waals surface area contributed by atoms with Crippen LogP contribution in [0.2, 0.25) is 5.15 Å². The van der Waals surface area contributed by atoms with Gasteiger partial charge in [0.2, 0.25) is 0 Å². The van der Waals surface area contributed by atoms with E-state index in [9.17, 15) is 4.79 Å². The molecule has 3 aromatic rings. The zero-order chi connectivity index (χ0) is 32.4. The Morgan fingerprint density at radius 3 is 2.37 bits per heavy atom. The van der Waals surface area contributed by atoms with Crippen LogP contribution in [-0.4, -0.2) is 119 Å². The van der Waals surface area contributed by atoms with Crippen LogP contribution in [0.3, 0.4) is 0 Å². The van der Waals surface area contributed by atoms with E-state index in [0.717, 1.165) is 45.6 Å². The van der Waals surface area contributed by atoms with Gasteiger partial charge in [-0.05, 0) is 39.2 Å². The molecule has 0 saturated carbocycles. The van der Waals surface area contributed by atoms with Gasteiger partial charge in [-0.2, -0.15) is 9.97 Å². The van der Waals surface area contributed by atoms with Gasteiger partial charge < -0.3 is 19.1 Å². The zero-order valence-electron chi connectivity index (χ0n) is 27.0. The van der Waals surface area contributed by atoms with E-state index in [0.29, 0.717) is 30.8 Å². The second-order valence-electron chi connectivity index (χ2n) is 13.4. The Hall–Kier alpha value is -3.32. The molecule has 0 spiro atoms. The number of halogens is 2. The number of amides is 1. The molecule has 2 bridgehead atoms. The number of aromatic nitrogens is 3. The second kappa shape index (κ2) is 13.8. The molecule has 46 heavy (non-hydrogen) atoms. The maximum absolute atomic E-state index is 15.3. The molecule has 0 radical (unpaired) electrons. The average molecular weight is 656 g/mol. The van der Waals surface area contributed by atoms with Crippen molar-refractivity contribution in [1.82, 2.24) is 29.7 Å². The van der Waals surface area contributed by atoms with Crippen molar-refractivity contribution in [2.45, 2.75) is 63.9 Å². The Morgan fingerprint density at radius 2 is 1.72 bits per heavy atom. The molecule has 2 aromatic heterocycles. The van der Waals surface area contributed by atoms with Gasteiger partial charge in [0.15, 0.2) is 11.0 Å². The summed E-state index contributed by atoms with van der Waals surface area (Å²) in [7, 11) is 1.66. The molecule has 3 atom stereocenters. The molecule has 2 unspecified atom stereocenters. The Bertz CT molecular complexity index is 1510. The van der Waals surface area contributed by atoms with Crippen LogP contribution in [0, 0.1) is 5.82 Å². The van der Waals surface area contributed by atoms with Crippen LogP contribution in [0.25, 0.3) is 10.9 Å². The topological polar surface area (TPSA) is 96.4 Å². The van der Waals surface area contributed by atoms with E-state index in [1.54, 1.807) is 7.11 Å². The Kier molecular flexibility index (Phi) is 9.79. The SMILES string of the molecule is CO[C@H](COc1nc(N2CC3CCC(C2)N3C(=O)OC(C)(C)C)c2cnc(Cl)c(F)c2n1)CN1CCN(Cc2ccccc2)CC1. The Labute approximate surface area is 274 Å². The first-order chi connectivity index (χ1) is 22.1. The number of rotatable bonds is 9. The lowest BCUT2D eigenvalue weighted by molar-refractivity contribution is 0.0121. The van der Waals surface area contributed by atoms with Crippen molar-refractivity contribution in [3.63, 3.8) is 0 Å². The first kappa shape index (κ1) is 32.6. The van der Waals surface area contributed by atoms with Crippen molar-refractivity contribution < 1.29 is 23.4 Å². The molecule has 13 heteroatoms. The van der Waals surface area contributed by atoms with E-state index in [1.165, 1.54) is 11.8 Å². The fraction of sp³-hybridized carbons (Fsp3) is 0.576. The third-order valence-electron chi connectivity index (χ3n) is 8.89. The summed E-state index contributed by atoms with van der Waals surface area (Å²) in [5.74, 6) is -0.216. The van der Waals surface area contributed by atoms with Crippen LogP contribution >= 0.6 is 11.6 Å². The molecule has 0 aliphatic carbocycles. The molecule has 3 aliphatic rings. The highest BCUT2D eigenvalue weighted by Crippen LogP contribution is 2.37. The molecule has 11 nitrogen and oxygen atoms in total. The Morgan fingerprint density at radius 1 is 1.04 bits per heavy atom. The number of piperazine rings is 2. The highest BCUT2D eigenvalue weighted by molar-refractivity contribution is 6.30. The van der Waals surface area contributed by atoms with Gasteiger partial charge in [0.25, 0.3) is 0 Å². The lowest BCUT2D eigenvalue weighted by Gasteiger charge is -2.42. The van der Waals surface area contributed by atoms with Crippen LogP contribution < -0.4 is 9.64 Å². The van der Waals surface area contributed by atoms with Crippen molar-refractivity contribution in [3.8, 4) is 6.01 Å². The molecule has 5 heterocycles. The van der Waals surface area contributed by atoms with E-state index in [-0.39, 0.29) is 47.6 Å². The zero-order valence-corrected chi connectivity index (χ0v) is 27.7. The van der Waals surface area contributed by atoms with Crippen molar-refractivity contribution in [2.24, 2.45) is 0 Å². The average Bonchev–Trinajstić information content (AvgIpc) is 3.30. The van der Waals surface area contributed by atoms with Crippen molar-refractivity contribution in [1.29, 1.82) is 0 Å². The van der Waals surface area contributed by atoms with Crippen LogP contribution in [-0.2, 0) is 16.0 Å². The van der Waals surface area contributed by atoms with Crippen molar-refractivity contribution in [3.05, 3.63) is 53.1 Å². The number of benzene rings is 1. The molecule has 3 saturated heterocycles. The fourth-order valence-corrected chi connectivity index (χ4v) is 6.75.